The summed E-state index contributed by atoms with van der Waals surface area (Å²) in [5.74, 6) is -0.432. The molecule has 1 aliphatic rings. The maximum Gasteiger partial charge on any atom is 0.246 e. The molecule has 7 heteroatoms. The van der Waals surface area contributed by atoms with Gasteiger partial charge in [-0.15, -0.1) is 11.6 Å². The van der Waals surface area contributed by atoms with Gasteiger partial charge in [-0.05, 0) is 30.9 Å². The highest BCUT2D eigenvalue weighted by Crippen LogP contribution is 2.29. The molecule has 112 valence electrons. The molecule has 1 saturated heterocycles. The van der Waals surface area contributed by atoms with Gasteiger partial charge in [0.15, 0.2) is 0 Å². The van der Waals surface area contributed by atoms with E-state index in [1.54, 1.807) is 0 Å². The number of sulfonamides is 1. The molecule has 0 spiro atoms. The molecule has 1 fully saturated rings. The van der Waals surface area contributed by atoms with Crippen LogP contribution in [-0.2, 0) is 15.9 Å². The van der Waals surface area contributed by atoms with Crippen LogP contribution in [0.1, 0.15) is 25.3 Å². The Bertz CT molecular complexity index is 599. The summed E-state index contributed by atoms with van der Waals surface area (Å²) in [6, 6.07) is 2.50. The van der Waals surface area contributed by atoms with Crippen LogP contribution in [0.5, 0.6) is 0 Å². The van der Waals surface area contributed by atoms with Gasteiger partial charge in [0, 0.05) is 23.7 Å². The molecule has 1 aromatic carbocycles. The molecule has 2 rings (SSSR count). The number of hydrogen-bond acceptors (Lipinski definition) is 2. The minimum atomic E-state index is -3.86. The number of nitrogens with zero attached hydrogens (tertiary/aromatic N) is 1. The van der Waals surface area contributed by atoms with Crippen LogP contribution in [0.4, 0.5) is 4.39 Å². The van der Waals surface area contributed by atoms with E-state index in [0.29, 0.717) is 19.0 Å². The Hall–Kier alpha value is -0.360. The Kier molecular flexibility index (Phi) is 4.95. The molecule has 0 aromatic heterocycles. The Labute approximate surface area is 128 Å². The smallest absolute Gasteiger partial charge is 0.207 e. The van der Waals surface area contributed by atoms with E-state index in [0.717, 1.165) is 18.9 Å². The highest BCUT2D eigenvalue weighted by atomic mass is 35.5. The van der Waals surface area contributed by atoms with Crippen LogP contribution >= 0.6 is 23.2 Å². The number of piperidine rings is 1. The van der Waals surface area contributed by atoms with Crippen LogP contribution < -0.4 is 0 Å². The van der Waals surface area contributed by atoms with Crippen molar-refractivity contribution in [1.29, 1.82) is 0 Å². The van der Waals surface area contributed by atoms with E-state index in [9.17, 15) is 12.8 Å². The molecule has 0 N–H and O–H groups in total. The third-order valence-electron chi connectivity index (χ3n) is 3.58. The van der Waals surface area contributed by atoms with E-state index in [-0.39, 0.29) is 21.4 Å². The molecular formula is C13H16Cl2FNO2S. The quantitative estimate of drug-likeness (QED) is 0.788. The summed E-state index contributed by atoms with van der Waals surface area (Å²) < 4.78 is 40.6. The van der Waals surface area contributed by atoms with E-state index in [1.807, 2.05) is 0 Å². The first-order valence-electron chi connectivity index (χ1n) is 6.40. The second kappa shape index (κ2) is 6.18. The van der Waals surface area contributed by atoms with Gasteiger partial charge in [0.05, 0.1) is 5.88 Å². The number of hydrogen-bond donors (Lipinski definition) is 0. The van der Waals surface area contributed by atoms with Crippen molar-refractivity contribution in [3.05, 3.63) is 28.5 Å². The predicted octanol–water partition coefficient (Wildman–Crippen LogP) is 3.64. The van der Waals surface area contributed by atoms with Crippen LogP contribution in [0, 0.1) is 11.7 Å². The zero-order valence-corrected chi connectivity index (χ0v) is 13.4. The van der Waals surface area contributed by atoms with E-state index >= 15 is 0 Å². The van der Waals surface area contributed by atoms with Crippen LogP contribution in [0.15, 0.2) is 17.0 Å². The van der Waals surface area contributed by atoms with Crippen LogP contribution in [0.2, 0.25) is 5.02 Å². The van der Waals surface area contributed by atoms with E-state index in [1.165, 1.54) is 10.4 Å². The Morgan fingerprint density at radius 3 is 2.50 bits per heavy atom. The van der Waals surface area contributed by atoms with Crippen molar-refractivity contribution in [3.63, 3.8) is 0 Å². The molecule has 1 aliphatic heterocycles. The topological polar surface area (TPSA) is 37.4 Å². The lowest BCUT2D eigenvalue weighted by Crippen LogP contribution is -2.38. The standard InChI is InChI=1S/C13H16Cl2FNO2S/c1-9-2-4-17(5-3-9)20(18,19)12-7-11(15)6-10(8-14)13(12)16/h6-7,9H,2-5,8H2,1H3. The number of rotatable bonds is 3. The fourth-order valence-corrected chi connectivity index (χ4v) is 4.37. The van der Waals surface area contributed by atoms with Gasteiger partial charge in [0.25, 0.3) is 0 Å². The van der Waals surface area contributed by atoms with Gasteiger partial charge in [-0.1, -0.05) is 18.5 Å². The van der Waals surface area contributed by atoms with Gasteiger partial charge >= 0.3 is 0 Å². The summed E-state index contributed by atoms with van der Waals surface area (Å²) in [4.78, 5) is -0.379. The Morgan fingerprint density at radius 2 is 1.95 bits per heavy atom. The summed E-state index contributed by atoms with van der Waals surface area (Å²) in [6.45, 7) is 2.90. The molecule has 1 heterocycles. The molecule has 0 aliphatic carbocycles. The molecule has 3 nitrogen and oxygen atoms in total. The zero-order chi connectivity index (χ0) is 14.9. The Balaban J connectivity index is 2.42. The van der Waals surface area contributed by atoms with Crippen molar-refractivity contribution < 1.29 is 12.8 Å². The molecule has 20 heavy (non-hydrogen) atoms. The van der Waals surface area contributed by atoms with E-state index in [4.69, 9.17) is 23.2 Å². The van der Waals surface area contributed by atoms with Crippen LogP contribution in [0.25, 0.3) is 0 Å². The third kappa shape index (κ3) is 3.11. The fourth-order valence-electron chi connectivity index (χ4n) is 2.27. The average Bonchev–Trinajstić information content (AvgIpc) is 2.41. The van der Waals surface area contributed by atoms with Crippen molar-refractivity contribution in [2.24, 2.45) is 5.92 Å². The molecule has 1 aromatic rings. The minimum absolute atomic E-state index is 0.100. The summed E-state index contributed by atoms with van der Waals surface area (Å²) in [7, 11) is -3.86. The molecule has 0 bridgehead atoms. The lowest BCUT2D eigenvalue weighted by Gasteiger charge is -2.29. The highest BCUT2D eigenvalue weighted by Gasteiger charge is 2.31. The summed E-state index contributed by atoms with van der Waals surface area (Å²) in [5, 5.41) is 0.172. The summed E-state index contributed by atoms with van der Waals surface area (Å²) >= 11 is 11.5. The van der Waals surface area contributed by atoms with Gasteiger partial charge in [-0.2, -0.15) is 4.31 Å². The normalized spacial score (nSPS) is 18.4. The number of benzene rings is 1. The maximum atomic E-state index is 14.2. The van der Waals surface area contributed by atoms with Crippen molar-refractivity contribution in [1.82, 2.24) is 4.31 Å². The zero-order valence-electron chi connectivity index (χ0n) is 11.1. The molecular weight excluding hydrogens is 324 g/mol. The molecule has 0 unspecified atom stereocenters. The van der Waals surface area contributed by atoms with Gasteiger partial charge in [-0.3, -0.25) is 0 Å². The SMILES string of the molecule is CC1CCN(S(=O)(=O)c2cc(Cl)cc(CCl)c2F)CC1. The summed E-state index contributed by atoms with van der Waals surface area (Å²) in [5.41, 5.74) is 0.100. The first-order valence-corrected chi connectivity index (χ1v) is 8.75. The lowest BCUT2D eigenvalue weighted by molar-refractivity contribution is 0.287. The number of halogens is 3. The molecule has 0 radical (unpaired) electrons. The minimum Gasteiger partial charge on any atom is -0.207 e. The first-order chi connectivity index (χ1) is 9.36. The lowest BCUT2D eigenvalue weighted by atomic mass is 10.0. The van der Waals surface area contributed by atoms with Crippen LogP contribution in [0.3, 0.4) is 0 Å². The number of alkyl halides is 1. The monoisotopic (exact) mass is 339 g/mol. The molecule has 0 saturated carbocycles. The van der Waals surface area contributed by atoms with Gasteiger partial charge in [0.1, 0.15) is 10.7 Å². The fraction of sp³-hybridized carbons (Fsp3) is 0.538. The Morgan fingerprint density at radius 1 is 1.35 bits per heavy atom. The third-order valence-corrected chi connectivity index (χ3v) is 5.99. The maximum absolute atomic E-state index is 14.2. The summed E-state index contributed by atoms with van der Waals surface area (Å²) in [6.07, 6.45) is 1.56. The molecule has 0 atom stereocenters. The van der Waals surface area contributed by atoms with E-state index in [2.05, 4.69) is 6.92 Å². The molecule has 0 amide bonds. The van der Waals surface area contributed by atoms with Crippen LogP contribution in [-0.4, -0.2) is 25.8 Å². The van der Waals surface area contributed by atoms with Crippen molar-refractivity contribution in [3.8, 4) is 0 Å². The first kappa shape index (κ1) is 16.0. The average molecular weight is 340 g/mol. The van der Waals surface area contributed by atoms with Crippen molar-refractivity contribution in [2.45, 2.75) is 30.5 Å². The predicted molar refractivity (Wildman–Crippen MR) is 78.1 cm³/mol. The van der Waals surface area contributed by atoms with Crippen molar-refractivity contribution >= 4 is 33.2 Å². The second-order valence-electron chi connectivity index (χ2n) is 5.10. The van der Waals surface area contributed by atoms with Crippen molar-refractivity contribution in [2.75, 3.05) is 13.1 Å². The van der Waals surface area contributed by atoms with E-state index < -0.39 is 15.8 Å². The highest BCUT2D eigenvalue weighted by molar-refractivity contribution is 7.89. The van der Waals surface area contributed by atoms with Gasteiger partial charge in [-0.25, -0.2) is 12.8 Å². The largest absolute Gasteiger partial charge is 0.246 e. The van der Waals surface area contributed by atoms with Gasteiger partial charge < -0.3 is 0 Å². The second-order valence-corrected chi connectivity index (χ2v) is 7.71. The van der Waals surface area contributed by atoms with Gasteiger partial charge in [0.2, 0.25) is 10.0 Å².